The Morgan fingerprint density at radius 2 is 2.35 bits per heavy atom. The third kappa shape index (κ3) is 2.45. The van der Waals surface area contributed by atoms with Gasteiger partial charge in [0.2, 0.25) is 0 Å². The van der Waals surface area contributed by atoms with Crippen LogP contribution in [0.2, 0.25) is 0 Å². The Balaban J connectivity index is 2.05. The maximum absolute atomic E-state index is 13.7. The molecule has 1 atom stereocenters. The van der Waals surface area contributed by atoms with Crippen molar-refractivity contribution in [2.75, 3.05) is 0 Å². The second-order valence-electron chi connectivity index (χ2n) is 4.60. The number of aromatic amines is 1. The number of hydrogen-bond donors (Lipinski definition) is 1. The van der Waals surface area contributed by atoms with E-state index < -0.39 is 0 Å². The second-order valence-corrected chi connectivity index (χ2v) is 6.76. The van der Waals surface area contributed by atoms with Crippen molar-refractivity contribution in [2.24, 2.45) is 0 Å². The molecule has 0 saturated heterocycles. The molecule has 0 aliphatic carbocycles. The van der Waals surface area contributed by atoms with Crippen molar-refractivity contribution in [3.8, 4) is 0 Å². The van der Waals surface area contributed by atoms with Gasteiger partial charge in [-0.05, 0) is 34.2 Å². The summed E-state index contributed by atoms with van der Waals surface area (Å²) in [6.45, 7) is 2.77. The van der Waals surface area contributed by atoms with Crippen LogP contribution < -0.4 is 0 Å². The fourth-order valence-electron chi connectivity index (χ4n) is 2.16. The van der Waals surface area contributed by atoms with Crippen molar-refractivity contribution < 1.29 is 4.39 Å². The van der Waals surface area contributed by atoms with Gasteiger partial charge in [-0.2, -0.15) is 0 Å². The van der Waals surface area contributed by atoms with Crippen molar-refractivity contribution >= 4 is 50.5 Å². The Bertz CT molecular complexity index is 807. The summed E-state index contributed by atoms with van der Waals surface area (Å²) in [5.74, 6) is -0.0606. The third-order valence-electron chi connectivity index (χ3n) is 3.15. The second kappa shape index (κ2) is 5.38. The molecule has 0 spiro atoms. The summed E-state index contributed by atoms with van der Waals surface area (Å²) in [5.41, 5.74) is 1.61. The van der Waals surface area contributed by atoms with Crippen LogP contribution >= 0.6 is 39.5 Å². The number of benzene rings is 1. The number of aromatic nitrogens is 3. The average molecular weight is 372 g/mol. The van der Waals surface area contributed by atoms with Crippen molar-refractivity contribution in [1.82, 2.24) is 14.5 Å². The van der Waals surface area contributed by atoms with Gasteiger partial charge in [-0.3, -0.25) is 0 Å². The number of nitrogens with one attached hydrogen (secondary N) is 1. The summed E-state index contributed by atoms with van der Waals surface area (Å²) in [6, 6.07) is 3.21. The molecule has 0 aliphatic heterocycles. The first kappa shape index (κ1) is 13.9. The van der Waals surface area contributed by atoms with Crippen molar-refractivity contribution in [3.63, 3.8) is 0 Å². The molecule has 7 heteroatoms. The van der Waals surface area contributed by atoms with Crippen LogP contribution in [0.5, 0.6) is 0 Å². The fourth-order valence-corrected chi connectivity index (χ4v) is 3.48. The molecular weight excluding hydrogens is 361 g/mol. The summed E-state index contributed by atoms with van der Waals surface area (Å²) in [4.78, 5) is 7.43. The van der Waals surface area contributed by atoms with E-state index in [1.54, 1.807) is 23.6 Å². The van der Waals surface area contributed by atoms with E-state index in [0.29, 0.717) is 15.8 Å². The van der Waals surface area contributed by atoms with Crippen molar-refractivity contribution in [3.05, 3.63) is 43.8 Å². The highest BCUT2D eigenvalue weighted by Gasteiger charge is 2.14. The number of fused-ring (bicyclic) bond motifs is 1. The van der Waals surface area contributed by atoms with Gasteiger partial charge in [0, 0.05) is 30.1 Å². The van der Waals surface area contributed by atoms with Crippen molar-refractivity contribution in [2.45, 2.75) is 19.4 Å². The minimum Gasteiger partial charge on any atom is -0.331 e. The molecule has 0 bridgehead atoms. The lowest BCUT2D eigenvalue weighted by molar-refractivity contribution is 0.596. The van der Waals surface area contributed by atoms with Gasteiger partial charge in [0.15, 0.2) is 4.77 Å². The normalized spacial score (nSPS) is 12.9. The predicted molar refractivity (Wildman–Crippen MR) is 85.3 cm³/mol. The Hall–Kier alpha value is -1.05. The maximum atomic E-state index is 13.7. The molecule has 20 heavy (non-hydrogen) atoms. The van der Waals surface area contributed by atoms with Gasteiger partial charge in [-0.1, -0.05) is 6.92 Å². The number of halogens is 2. The zero-order chi connectivity index (χ0) is 14.3. The van der Waals surface area contributed by atoms with E-state index in [1.807, 2.05) is 9.95 Å². The van der Waals surface area contributed by atoms with Gasteiger partial charge in [0.05, 0.1) is 20.5 Å². The van der Waals surface area contributed by atoms with E-state index in [2.05, 4.69) is 32.8 Å². The standard InChI is InChI=1S/C13H11BrFN3S2/c1-7(12-16-2-3-20-12)6-18-11-5-9(15)8(14)4-10(11)17-13(18)19/h2-5,7H,6H2,1H3,(H,17,19). The van der Waals surface area contributed by atoms with Crippen LogP contribution in [0.3, 0.4) is 0 Å². The minimum absolute atomic E-state index is 0.229. The first-order valence-electron chi connectivity index (χ1n) is 6.03. The molecule has 3 nitrogen and oxygen atoms in total. The van der Waals surface area contributed by atoms with Crippen molar-refractivity contribution in [1.29, 1.82) is 0 Å². The molecule has 2 aromatic heterocycles. The zero-order valence-electron chi connectivity index (χ0n) is 10.6. The van der Waals surface area contributed by atoms with E-state index in [0.717, 1.165) is 16.0 Å². The van der Waals surface area contributed by atoms with E-state index in [4.69, 9.17) is 12.2 Å². The Kier molecular flexibility index (Phi) is 3.74. The van der Waals surface area contributed by atoms with Gasteiger partial charge >= 0.3 is 0 Å². The Morgan fingerprint density at radius 1 is 1.55 bits per heavy atom. The van der Waals surface area contributed by atoms with Gasteiger partial charge in [0.25, 0.3) is 0 Å². The SMILES string of the molecule is CC(Cn1c(=S)[nH]c2cc(Br)c(F)cc21)c1nccs1. The lowest BCUT2D eigenvalue weighted by Crippen LogP contribution is -2.06. The van der Waals surface area contributed by atoms with Crippen LogP contribution in [0, 0.1) is 10.6 Å². The van der Waals surface area contributed by atoms with E-state index in [-0.39, 0.29) is 11.7 Å². The first-order valence-corrected chi connectivity index (χ1v) is 8.11. The van der Waals surface area contributed by atoms with Crippen LogP contribution in [-0.4, -0.2) is 14.5 Å². The molecule has 1 unspecified atom stereocenters. The molecule has 3 rings (SSSR count). The third-order valence-corrected chi connectivity index (χ3v) is 5.08. The number of imidazole rings is 1. The van der Waals surface area contributed by atoms with Crippen LogP contribution in [0.4, 0.5) is 4.39 Å². The highest BCUT2D eigenvalue weighted by atomic mass is 79.9. The van der Waals surface area contributed by atoms with Crippen LogP contribution in [0.1, 0.15) is 17.8 Å². The molecule has 0 amide bonds. The smallest absolute Gasteiger partial charge is 0.178 e. The summed E-state index contributed by atoms with van der Waals surface area (Å²) in [6.07, 6.45) is 1.79. The zero-order valence-corrected chi connectivity index (χ0v) is 13.8. The van der Waals surface area contributed by atoms with E-state index in [9.17, 15) is 4.39 Å². The Morgan fingerprint density at radius 3 is 3.05 bits per heavy atom. The molecule has 0 fully saturated rings. The average Bonchev–Trinajstić information content (AvgIpc) is 3.01. The maximum Gasteiger partial charge on any atom is 0.178 e. The quantitative estimate of drug-likeness (QED) is 0.666. The molecule has 3 aromatic rings. The summed E-state index contributed by atoms with van der Waals surface area (Å²) in [5, 5.41) is 3.01. The largest absolute Gasteiger partial charge is 0.331 e. The van der Waals surface area contributed by atoms with Gasteiger partial charge in [0.1, 0.15) is 5.82 Å². The number of rotatable bonds is 3. The van der Waals surface area contributed by atoms with Gasteiger partial charge in [-0.15, -0.1) is 11.3 Å². The highest BCUT2D eigenvalue weighted by molar-refractivity contribution is 9.10. The summed E-state index contributed by atoms with van der Waals surface area (Å²) >= 11 is 10.1. The molecule has 104 valence electrons. The highest BCUT2D eigenvalue weighted by Crippen LogP contribution is 2.26. The molecule has 2 heterocycles. The van der Waals surface area contributed by atoms with Crippen LogP contribution in [-0.2, 0) is 6.54 Å². The number of H-pyrrole nitrogens is 1. The molecule has 1 N–H and O–H groups in total. The van der Waals surface area contributed by atoms with Gasteiger partial charge in [-0.25, -0.2) is 9.37 Å². The van der Waals surface area contributed by atoms with Crippen LogP contribution in [0.15, 0.2) is 28.2 Å². The Labute approximate surface area is 132 Å². The van der Waals surface area contributed by atoms with E-state index in [1.165, 1.54) is 6.07 Å². The lowest BCUT2D eigenvalue weighted by atomic mass is 10.2. The number of thiazole rings is 1. The molecule has 0 saturated carbocycles. The van der Waals surface area contributed by atoms with E-state index >= 15 is 0 Å². The van der Waals surface area contributed by atoms with Gasteiger partial charge < -0.3 is 9.55 Å². The fraction of sp³-hybridized carbons (Fsp3) is 0.231. The summed E-state index contributed by atoms with van der Waals surface area (Å²) < 4.78 is 16.7. The monoisotopic (exact) mass is 371 g/mol. The molecule has 0 radical (unpaired) electrons. The summed E-state index contributed by atoms with van der Waals surface area (Å²) in [7, 11) is 0. The molecule has 1 aromatic carbocycles. The number of hydrogen-bond acceptors (Lipinski definition) is 3. The first-order chi connectivity index (χ1) is 9.56. The molecule has 0 aliphatic rings. The molecular formula is C13H11BrFN3S2. The van der Waals surface area contributed by atoms with Crippen LogP contribution in [0.25, 0.3) is 11.0 Å². The topological polar surface area (TPSA) is 33.6 Å². The predicted octanol–water partition coefficient (Wildman–Crippen LogP) is 4.86. The minimum atomic E-state index is -0.290. The lowest BCUT2D eigenvalue weighted by Gasteiger charge is -2.10. The number of nitrogens with zero attached hydrogens (tertiary/aromatic N) is 2.